The van der Waals surface area contributed by atoms with Gasteiger partial charge < -0.3 is 24.7 Å². The molecule has 3 aliphatic rings. The highest BCUT2D eigenvalue weighted by molar-refractivity contribution is 5.89. The standard InChI is InChI=1S/C13H18N2O2.C4H4O4/c1-3-6-16-12-9-13(17-14-12)7-10-4-5-11(8-13)15(10)2;5-3(6)1-2-4(7)8/h1,10-11H,4-9H2,2H3;1-2H,(H,5,6)(H,7,8)/b;2-1+/t10-,11+,13?;. The summed E-state index contributed by atoms with van der Waals surface area (Å²) in [6.07, 6.45) is 11.8. The van der Waals surface area contributed by atoms with Gasteiger partial charge in [0.1, 0.15) is 12.2 Å². The molecule has 3 aliphatic heterocycles. The summed E-state index contributed by atoms with van der Waals surface area (Å²) in [7, 11) is 2.22. The SMILES string of the molecule is C#CCOC1=NOC2(C1)C[C@H]1CC[C@@H](C2)N1C.O=C(O)/C=C/C(=O)O. The number of terminal acetylenes is 1. The Kier molecular flexibility index (Phi) is 6.04. The topological polar surface area (TPSA) is 109 Å². The van der Waals surface area contributed by atoms with Crippen LogP contribution >= 0.6 is 0 Å². The Morgan fingerprint density at radius 2 is 1.92 bits per heavy atom. The lowest BCUT2D eigenvalue weighted by Crippen LogP contribution is -2.49. The first-order valence-electron chi connectivity index (χ1n) is 8.02. The molecular formula is C17H22N2O6. The molecule has 0 saturated carbocycles. The van der Waals surface area contributed by atoms with E-state index >= 15 is 0 Å². The number of fused-ring (bicyclic) bond motifs is 2. The number of carboxylic acid groups (broad SMARTS) is 2. The normalized spacial score (nSPS) is 30.2. The third kappa shape index (κ3) is 4.97. The summed E-state index contributed by atoms with van der Waals surface area (Å²) >= 11 is 0. The number of piperidine rings is 1. The quantitative estimate of drug-likeness (QED) is 0.579. The summed E-state index contributed by atoms with van der Waals surface area (Å²) in [6.45, 7) is 0.283. The summed E-state index contributed by atoms with van der Waals surface area (Å²) in [5, 5.41) is 19.7. The monoisotopic (exact) mass is 350 g/mol. The Morgan fingerprint density at radius 1 is 1.36 bits per heavy atom. The molecular weight excluding hydrogens is 328 g/mol. The van der Waals surface area contributed by atoms with E-state index in [0.29, 0.717) is 30.1 Å². The molecule has 2 fully saturated rings. The van der Waals surface area contributed by atoms with Crippen molar-refractivity contribution in [2.45, 2.75) is 49.8 Å². The maximum atomic E-state index is 9.55. The number of oxime groups is 1. The van der Waals surface area contributed by atoms with Crippen molar-refractivity contribution in [3.63, 3.8) is 0 Å². The zero-order valence-corrected chi connectivity index (χ0v) is 14.1. The number of carboxylic acids is 2. The van der Waals surface area contributed by atoms with E-state index in [4.69, 9.17) is 26.2 Å². The second-order valence-electron chi connectivity index (χ2n) is 6.40. The molecule has 3 rings (SSSR count). The van der Waals surface area contributed by atoms with Crippen molar-refractivity contribution in [3.05, 3.63) is 12.2 Å². The predicted molar refractivity (Wildman–Crippen MR) is 88.9 cm³/mol. The van der Waals surface area contributed by atoms with Gasteiger partial charge in [-0.2, -0.15) is 0 Å². The van der Waals surface area contributed by atoms with Crippen molar-refractivity contribution in [2.24, 2.45) is 5.16 Å². The molecule has 8 nitrogen and oxygen atoms in total. The van der Waals surface area contributed by atoms with E-state index in [-0.39, 0.29) is 12.2 Å². The number of hydrogen-bond donors (Lipinski definition) is 2. The summed E-state index contributed by atoms with van der Waals surface area (Å²) in [4.78, 5) is 27.3. The zero-order chi connectivity index (χ0) is 18.4. The number of aliphatic carboxylic acids is 2. The lowest BCUT2D eigenvalue weighted by molar-refractivity contribution is -0.134. The maximum Gasteiger partial charge on any atom is 0.328 e. The van der Waals surface area contributed by atoms with Crippen molar-refractivity contribution in [2.75, 3.05) is 13.7 Å². The van der Waals surface area contributed by atoms with Crippen LogP contribution in [0.2, 0.25) is 0 Å². The molecule has 2 bridgehead atoms. The highest BCUT2D eigenvalue weighted by Crippen LogP contribution is 2.45. The number of nitrogens with zero attached hydrogens (tertiary/aromatic N) is 2. The average Bonchev–Trinajstić information content (AvgIpc) is 3.02. The van der Waals surface area contributed by atoms with Crippen LogP contribution in [0.4, 0.5) is 0 Å². The Labute approximate surface area is 146 Å². The molecule has 2 N–H and O–H groups in total. The van der Waals surface area contributed by atoms with Gasteiger partial charge in [0, 0.05) is 37.1 Å². The van der Waals surface area contributed by atoms with Crippen LogP contribution in [0.3, 0.4) is 0 Å². The Bertz CT molecular complexity index is 591. The van der Waals surface area contributed by atoms with Crippen LogP contribution in [-0.2, 0) is 19.2 Å². The molecule has 1 spiro atoms. The zero-order valence-electron chi connectivity index (χ0n) is 14.1. The van der Waals surface area contributed by atoms with Crippen LogP contribution in [-0.4, -0.2) is 64.3 Å². The van der Waals surface area contributed by atoms with Gasteiger partial charge in [-0.1, -0.05) is 11.1 Å². The lowest BCUT2D eigenvalue weighted by Gasteiger charge is -2.40. The van der Waals surface area contributed by atoms with Crippen molar-refractivity contribution >= 4 is 17.8 Å². The molecule has 0 aromatic carbocycles. The number of ether oxygens (including phenoxy) is 1. The van der Waals surface area contributed by atoms with Crippen LogP contribution in [0, 0.1) is 12.3 Å². The molecule has 3 heterocycles. The highest BCUT2D eigenvalue weighted by atomic mass is 16.7. The first kappa shape index (κ1) is 18.8. The molecule has 25 heavy (non-hydrogen) atoms. The second-order valence-corrected chi connectivity index (χ2v) is 6.40. The third-order valence-corrected chi connectivity index (χ3v) is 4.71. The molecule has 3 atom stereocenters. The van der Waals surface area contributed by atoms with Gasteiger partial charge in [0.25, 0.3) is 0 Å². The van der Waals surface area contributed by atoms with Crippen molar-refractivity contribution in [1.29, 1.82) is 0 Å². The minimum atomic E-state index is -1.26. The Morgan fingerprint density at radius 3 is 2.40 bits per heavy atom. The molecule has 8 heteroatoms. The average molecular weight is 350 g/mol. The largest absolute Gasteiger partial charge is 0.478 e. The van der Waals surface area contributed by atoms with Gasteiger partial charge in [-0.3, -0.25) is 0 Å². The Balaban J connectivity index is 0.000000242. The van der Waals surface area contributed by atoms with E-state index in [0.717, 1.165) is 19.3 Å². The molecule has 0 aliphatic carbocycles. The van der Waals surface area contributed by atoms with Gasteiger partial charge in [-0.25, -0.2) is 9.59 Å². The highest BCUT2D eigenvalue weighted by Gasteiger charge is 2.51. The number of carbonyl (C=O) groups is 2. The smallest absolute Gasteiger partial charge is 0.328 e. The van der Waals surface area contributed by atoms with E-state index in [1.807, 2.05) is 0 Å². The van der Waals surface area contributed by atoms with Gasteiger partial charge in [0.2, 0.25) is 5.90 Å². The van der Waals surface area contributed by atoms with Crippen LogP contribution < -0.4 is 0 Å². The van der Waals surface area contributed by atoms with Crippen LogP contribution in [0.15, 0.2) is 17.3 Å². The minimum absolute atomic E-state index is 0.109. The minimum Gasteiger partial charge on any atom is -0.478 e. The Hall–Kier alpha value is -2.53. The molecule has 0 amide bonds. The van der Waals surface area contributed by atoms with Crippen LogP contribution in [0.25, 0.3) is 0 Å². The third-order valence-electron chi connectivity index (χ3n) is 4.71. The van der Waals surface area contributed by atoms with E-state index in [1.165, 1.54) is 12.8 Å². The predicted octanol–water partition coefficient (Wildman–Crippen LogP) is 1.08. The van der Waals surface area contributed by atoms with Gasteiger partial charge >= 0.3 is 11.9 Å². The van der Waals surface area contributed by atoms with Gasteiger partial charge in [-0.15, -0.1) is 6.42 Å². The van der Waals surface area contributed by atoms with Crippen LogP contribution in [0.1, 0.15) is 32.1 Å². The van der Waals surface area contributed by atoms with Crippen molar-refractivity contribution in [1.82, 2.24) is 4.90 Å². The van der Waals surface area contributed by atoms with Gasteiger partial charge in [-0.05, 0) is 19.9 Å². The lowest BCUT2D eigenvalue weighted by atomic mass is 9.84. The molecule has 2 saturated heterocycles. The number of hydrogen-bond acceptors (Lipinski definition) is 6. The van der Waals surface area contributed by atoms with E-state index in [1.54, 1.807) is 0 Å². The molecule has 136 valence electrons. The fourth-order valence-corrected chi connectivity index (χ4v) is 3.58. The maximum absolute atomic E-state index is 9.55. The molecule has 0 aromatic rings. The van der Waals surface area contributed by atoms with E-state index < -0.39 is 11.9 Å². The van der Waals surface area contributed by atoms with Crippen molar-refractivity contribution < 1.29 is 29.4 Å². The summed E-state index contributed by atoms with van der Waals surface area (Å²) in [5.41, 5.74) is -0.109. The van der Waals surface area contributed by atoms with Crippen LogP contribution in [0.5, 0.6) is 0 Å². The van der Waals surface area contributed by atoms with E-state index in [9.17, 15) is 9.59 Å². The van der Waals surface area contributed by atoms with Gasteiger partial charge in [0.05, 0.1) is 6.42 Å². The first-order chi connectivity index (χ1) is 11.8. The van der Waals surface area contributed by atoms with E-state index in [2.05, 4.69) is 23.0 Å². The fraction of sp³-hybridized carbons (Fsp3) is 0.588. The number of rotatable bonds is 3. The summed E-state index contributed by atoms with van der Waals surface area (Å²) in [5.74, 6) is 0.615. The van der Waals surface area contributed by atoms with Gasteiger partial charge in [0.15, 0.2) is 0 Å². The summed E-state index contributed by atoms with van der Waals surface area (Å²) in [6, 6.07) is 1.30. The molecule has 0 radical (unpaired) electrons. The summed E-state index contributed by atoms with van der Waals surface area (Å²) < 4.78 is 5.37. The second kappa shape index (κ2) is 8.03. The first-order valence-corrected chi connectivity index (χ1v) is 8.02. The molecule has 1 unspecified atom stereocenters. The van der Waals surface area contributed by atoms with Crippen molar-refractivity contribution in [3.8, 4) is 12.3 Å². The fourth-order valence-electron chi connectivity index (χ4n) is 3.58. The molecule has 0 aromatic heterocycles.